The van der Waals surface area contributed by atoms with Crippen LogP contribution in [0.4, 0.5) is 4.79 Å². The van der Waals surface area contributed by atoms with Crippen molar-refractivity contribution in [1.82, 2.24) is 19.8 Å². The van der Waals surface area contributed by atoms with Crippen molar-refractivity contribution < 1.29 is 14.3 Å². The number of imidazole rings is 1. The summed E-state index contributed by atoms with van der Waals surface area (Å²) in [7, 11) is 3.54. The molecule has 134 valence electrons. The summed E-state index contributed by atoms with van der Waals surface area (Å²) in [4.78, 5) is 19.1. The number of urea groups is 1. The van der Waals surface area contributed by atoms with Crippen LogP contribution in [0.2, 0.25) is 0 Å². The number of benzene rings is 1. The molecule has 0 unspecified atom stereocenters. The number of hydrogen-bond donors (Lipinski definition) is 1. The van der Waals surface area contributed by atoms with Crippen LogP contribution in [-0.2, 0) is 11.8 Å². The first kappa shape index (κ1) is 17.3. The van der Waals surface area contributed by atoms with Crippen LogP contribution in [0.3, 0.4) is 0 Å². The highest BCUT2D eigenvalue weighted by Gasteiger charge is 2.28. The Labute approximate surface area is 147 Å². The van der Waals surface area contributed by atoms with Gasteiger partial charge in [0.15, 0.2) is 0 Å². The number of carbonyl (C=O) groups excluding carboxylic acids is 1. The molecule has 25 heavy (non-hydrogen) atoms. The zero-order valence-corrected chi connectivity index (χ0v) is 14.8. The maximum absolute atomic E-state index is 12.8. The summed E-state index contributed by atoms with van der Waals surface area (Å²) in [5, 5.41) is 3.12. The lowest BCUT2D eigenvalue weighted by Crippen LogP contribution is -2.52. The topological polar surface area (TPSA) is 68.6 Å². The van der Waals surface area contributed by atoms with Crippen LogP contribution in [0, 0.1) is 0 Å². The zero-order chi connectivity index (χ0) is 17.8. The van der Waals surface area contributed by atoms with Gasteiger partial charge in [0.2, 0.25) is 0 Å². The number of methoxy groups -OCH3 is 1. The van der Waals surface area contributed by atoms with E-state index in [-0.39, 0.29) is 18.1 Å². The van der Waals surface area contributed by atoms with E-state index in [0.717, 1.165) is 17.1 Å². The molecule has 3 rings (SSSR count). The molecule has 1 aromatic carbocycles. The number of aromatic nitrogens is 2. The second-order valence-corrected chi connectivity index (χ2v) is 6.17. The fraction of sp³-hybridized carbons (Fsp3) is 0.444. The number of carbonyl (C=O) groups is 1. The Kier molecular flexibility index (Phi) is 5.23. The molecule has 0 spiro atoms. The van der Waals surface area contributed by atoms with Crippen molar-refractivity contribution in [3.8, 4) is 5.75 Å². The van der Waals surface area contributed by atoms with Crippen LogP contribution >= 0.6 is 0 Å². The molecule has 0 radical (unpaired) electrons. The smallest absolute Gasteiger partial charge is 0.318 e. The number of morpholine rings is 1. The van der Waals surface area contributed by atoms with Gasteiger partial charge >= 0.3 is 6.03 Å². The van der Waals surface area contributed by atoms with Crippen LogP contribution in [0.25, 0.3) is 0 Å². The number of amides is 2. The van der Waals surface area contributed by atoms with Gasteiger partial charge in [0.25, 0.3) is 0 Å². The Morgan fingerprint density at radius 3 is 3.00 bits per heavy atom. The van der Waals surface area contributed by atoms with Gasteiger partial charge in [0, 0.05) is 26.0 Å². The molecule has 7 heteroatoms. The molecule has 7 nitrogen and oxygen atoms in total. The number of aryl methyl sites for hydroxylation is 1. The Bertz CT molecular complexity index is 731. The van der Waals surface area contributed by atoms with Gasteiger partial charge in [-0.05, 0) is 24.6 Å². The molecule has 1 aliphatic heterocycles. The Balaban J connectivity index is 1.89. The fourth-order valence-corrected chi connectivity index (χ4v) is 3.01. The van der Waals surface area contributed by atoms with E-state index >= 15 is 0 Å². The largest absolute Gasteiger partial charge is 0.497 e. The number of nitrogens with one attached hydrogen (secondary N) is 1. The quantitative estimate of drug-likeness (QED) is 0.920. The predicted octanol–water partition coefficient (Wildman–Crippen LogP) is 1.95. The lowest BCUT2D eigenvalue weighted by Gasteiger charge is -2.34. The molecule has 2 atom stereocenters. The first-order valence-electron chi connectivity index (χ1n) is 8.36. The molecule has 1 aliphatic rings. The third-order valence-corrected chi connectivity index (χ3v) is 4.44. The number of nitrogens with zero attached hydrogens (tertiary/aromatic N) is 3. The van der Waals surface area contributed by atoms with Crippen molar-refractivity contribution in [1.29, 1.82) is 0 Å². The van der Waals surface area contributed by atoms with E-state index in [1.54, 1.807) is 18.2 Å². The predicted molar refractivity (Wildman–Crippen MR) is 93.6 cm³/mol. The highest BCUT2D eigenvalue weighted by atomic mass is 16.5. The van der Waals surface area contributed by atoms with E-state index in [9.17, 15) is 4.79 Å². The summed E-state index contributed by atoms with van der Waals surface area (Å²) in [6.07, 6.45) is 3.60. The minimum atomic E-state index is -0.363. The third-order valence-electron chi connectivity index (χ3n) is 4.44. The summed E-state index contributed by atoms with van der Waals surface area (Å²) in [5.74, 6) is 1.51. The fourth-order valence-electron chi connectivity index (χ4n) is 3.01. The summed E-state index contributed by atoms with van der Waals surface area (Å²) in [5.41, 5.74) is 0.919. The summed E-state index contributed by atoms with van der Waals surface area (Å²) < 4.78 is 12.7. The van der Waals surface area contributed by atoms with Gasteiger partial charge in [-0.15, -0.1) is 0 Å². The number of hydrogen-bond acceptors (Lipinski definition) is 4. The minimum absolute atomic E-state index is 0.0427. The highest BCUT2D eigenvalue weighted by Crippen LogP contribution is 2.24. The Morgan fingerprint density at radius 1 is 1.48 bits per heavy atom. The molecule has 0 aliphatic carbocycles. The maximum Gasteiger partial charge on any atom is 0.318 e. The van der Waals surface area contributed by atoms with E-state index in [1.807, 2.05) is 49.0 Å². The van der Waals surface area contributed by atoms with Crippen LogP contribution < -0.4 is 10.1 Å². The monoisotopic (exact) mass is 344 g/mol. The van der Waals surface area contributed by atoms with E-state index < -0.39 is 0 Å². The Hall–Kier alpha value is -2.54. The first-order chi connectivity index (χ1) is 12.1. The average molecular weight is 344 g/mol. The molecule has 2 heterocycles. The van der Waals surface area contributed by atoms with Gasteiger partial charge in [-0.1, -0.05) is 12.1 Å². The SMILES string of the molecule is COc1cccc([C@@H](NC(=O)N2CCOC[C@@H]2C)c2nccn2C)c1. The van der Waals surface area contributed by atoms with Crippen molar-refractivity contribution in [2.75, 3.05) is 26.9 Å². The van der Waals surface area contributed by atoms with Crippen molar-refractivity contribution >= 4 is 6.03 Å². The van der Waals surface area contributed by atoms with E-state index in [1.165, 1.54) is 0 Å². The van der Waals surface area contributed by atoms with Gasteiger partial charge < -0.3 is 24.3 Å². The summed E-state index contributed by atoms with van der Waals surface area (Å²) in [6, 6.07) is 7.23. The minimum Gasteiger partial charge on any atom is -0.497 e. The zero-order valence-electron chi connectivity index (χ0n) is 14.8. The second-order valence-electron chi connectivity index (χ2n) is 6.17. The normalized spacial score (nSPS) is 18.7. The molecule has 1 aromatic heterocycles. The van der Waals surface area contributed by atoms with Gasteiger partial charge in [0.1, 0.15) is 17.6 Å². The summed E-state index contributed by atoms with van der Waals surface area (Å²) in [6.45, 7) is 3.68. The first-order valence-corrected chi connectivity index (χ1v) is 8.36. The third kappa shape index (κ3) is 3.76. The number of rotatable bonds is 4. The molecule has 0 saturated carbocycles. The average Bonchev–Trinajstić information content (AvgIpc) is 3.05. The molecule has 1 saturated heterocycles. The van der Waals surface area contributed by atoms with E-state index in [2.05, 4.69) is 10.3 Å². The van der Waals surface area contributed by atoms with Gasteiger partial charge in [-0.3, -0.25) is 0 Å². The lowest BCUT2D eigenvalue weighted by atomic mass is 10.1. The van der Waals surface area contributed by atoms with Gasteiger partial charge in [0.05, 0.1) is 26.4 Å². The van der Waals surface area contributed by atoms with E-state index in [4.69, 9.17) is 9.47 Å². The number of ether oxygens (including phenoxy) is 2. The molecule has 1 N–H and O–H groups in total. The standard InChI is InChI=1S/C18H24N4O3/c1-13-12-25-10-9-22(13)18(23)20-16(17-19-7-8-21(17)2)14-5-4-6-15(11-14)24-3/h4-8,11,13,16H,9-10,12H2,1-3H3,(H,20,23)/t13-,16+/m0/s1. The lowest BCUT2D eigenvalue weighted by molar-refractivity contribution is 0.0186. The molecule has 0 bridgehead atoms. The summed E-state index contributed by atoms with van der Waals surface area (Å²) >= 11 is 0. The van der Waals surface area contributed by atoms with Crippen molar-refractivity contribution in [3.05, 3.63) is 48.0 Å². The molecule has 2 aromatic rings. The van der Waals surface area contributed by atoms with Crippen LogP contribution in [0.1, 0.15) is 24.4 Å². The van der Waals surface area contributed by atoms with Crippen molar-refractivity contribution in [2.45, 2.75) is 19.0 Å². The Morgan fingerprint density at radius 2 is 2.32 bits per heavy atom. The van der Waals surface area contributed by atoms with Crippen LogP contribution in [0.15, 0.2) is 36.7 Å². The van der Waals surface area contributed by atoms with Crippen molar-refractivity contribution in [3.63, 3.8) is 0 Å². The molecular weight excluding hydrogens is 320 g/mol. The molecule has 2 amide bonds. The second kappa shape index (κ2) is 7.57. The molecular formula is C18H24N4O3. The van der Waals surface area contributed by atoms with Crippen molar-refractivity contribution in [2.24, 2.45) is 7.05 Å². The van der Waals surface area contributed by atoms with E-state index in [0.29, 0.717) is 19.8 Å². The molecule has 1 fully saturated rings. The maximum atomic E-state index is 12.8. The van der Waals surface area contributed by atoms with Crippen LogP contribution in [0.5, 0.6) is 5.75 Å². The van der Waals surface area contributed by atoms with Gasteiger partial charge in [-0.25, -0.2) is 9.78 Å². The van der Waals surface area contributed by atoms with Crippen LogP contribution in [-0.4, -0.2) is 53.4 Å². The highest BCUT2D eigenvalue weighted by molar-refractivity contribution is 5.75. The van der Waals surface area contributed by atoms with Gasteiger partial charge in [-0.2, -0.15) is 0 Å².